The smallest absolute Gasteiger partial charge is 0.390 e. The number of rotatable bonds is 3. The summed E-state index contributed by atoms with van der Waals surface area (Å²) in [7, 11) is 0. The van der Waals surface area contributed by atoms with Gasteiger partial charge in [0.05, 0.1) is 28.4 Å². The van der Waals surface area contributed by atoms with E-state index in [0.717, 1.165) is 6.07 Å². The highest BCUT2D eigenvalue weighted by molar-refractivity contribution is 5.79. The molecule has 1 aliphatic rings. The number of aliphatic hydroxyl groups is 1. The Morgan fingerprint density at radius 2 is 1.80 bits per heavy atom. The molecule has 1 aliphatic carbocycles. The quantitative estimate of drug-likeness (QED) is 0.610. The largest absolute Gasteiger partial charge is 0.417 e. The molecule has 2 heterocycles. The van der Waals surface area contributed by atoms with Crippen molar-refractivity contribution < 1.29 is 31.4 Å². The van der Waals surface area contributed by atoms with Gasteiger partial charge in [-0.3, -0.25) is 4.40 Å². The SMILES string of the molecule is CC1(O)CC(Nc2nnc(-c3ccc(C(F)(F)F)cc3C(F)(F)F)c3cncn23)C1. The molecule has 0 spiro atoms. The van der Waals surface area contributed by atoms with Crippen LogP contribution in [0, 0.1) is 0 Å². The van der Waals surface area contributed by atoms with Crippen molar-refractivity contribution in [1.82, 2.24) is 19.6 Å². The van der Waals surface area contributed by atoms with Crippen LogP contribution in [0.1, 0.15) is 30.9 Å². The summed E-state index contributed by atoms with van der Waals surface area (Å²) < 4.78 is 80.7. The highest BCUT2D eigenvalue weighted by Crippen LogP contribution is 2.41. The van der Waals surface area contributed by atoms with Crippen molar-refractivity contribution in [3.8, 4) is 11.3 Å². The van der Waals surface area contributed by atoms with E-state index in [4.69, 9.17) is 0 Å². The Labute approximate surface area is 165 Å². The fourth-order valence-electron chi connectivity index (χ4n) is 3.57. The van der Waals surface area contributed by atoms with Crippen LogP contribution in [0.3, 0.4) is 0 Å². The Kier molecular flexibility index (Phi) is 4.46. The monoisotopic (exact) mass is 431 g/mol. The van der Waals surface area contributed by atoms with E-state index < -0.39 is 34.6 Å². The molecule has 6 nitrogen and oxygen atoms in total. The van der Waals surface area contributed by atoms with Crippen molar-refractivity contribution in [2.24, 2.45) is 0 Å². The molecule has 0 atom stereocenters. The molecular formula is C18H15F6N5O. The van der Waals surface area contributed by atoms with Crippen LogP contribution in [0.15, 0.2) is 30.7 Å². The normalized spacial score (nSPS) is 22.2. The van der Waals surface area contributed by atoms with Gasteiger partial charge < -0.3 is 10.4 Å². The van der Waals surface area contributed by atoms with Gasteiger partial charge in [0, 0.05) is 11.6 Å². The summed E-state index contributed by atoms with van der Waals surface area (Å²) >= 11 is 0. The zero-order valence-corrected chi connectivity index (χ0v) is 15.4. The number of hydrogen-bond donors (Lipinski definition) is 2. The predicted octanol–water partition coefficient (Wildman–Crippen LogP) is 4.15. The van der Waals surface area contributed by atoms with Crippen molar-refractivity contribution in [2.75, 3.05) is 5.32 Å². The second-order valence-electron chi connectivity index (χ2n) is 7.52. The van der Waals surface area contributed by atoms with E-state index in [0.29, 0.717) is 18.9 Å². The van der Waals surface area contributed by atoms with Crippen LogP contribution in [0.2, 0.25) is 0 Å². The lowest BCUT2D eigenvalue weighted by Crippen LogP contribution is -2.48. The third kappa shape index (κ3) is 3.66. The lowest BCUT2D eigenvalue weighted by molar-refractivity contribution is -0.142. The molecule has 0 saturated heterocycles. The topological polar surface area (TPSA) is 75.3 Å². The number of hydrogen-bond acceptors (Lipinski definition) is 5. The van der Waals surface area contributed by atoms with Crippen LogP contribution in [0.25, 0.3) is 16.8 Å². The first kappa shape index (κ1) is 20.4. The van der Waals surface area contributed by atoms with Gasteiger partial charge in [-0.1, -0.05) is 6.07 Å². The lowest BCUT2D eigenvalue weighted by atomic mass is 9.77. The number of alkyl halides is 6. The minimum atomic E-state index is -5.04. The minimum Gasteiger partial charge on any atom is -0.390 e. The van der Waals surface area contributed by atoms with Crippen LogP contribution >= 0.6 is 0 Å². The highest BCUT2D eigenvalue weighted by atomic mass is 19.4. The maximum atomic E-state index is 13.5. The molecule has 1 fully saturated rings. The summed E-state index contributed by atoms with van der Waals surface area (Å²) in [6, 6.07) is 1.26. The number of imidazole rings is 1. The number of anilines is 1. The van der Waals surface area contributed by atoms with Gasteiger partial charge in [0.15, 0.2) is 0 Å². The molecule has 12 heteroatoms. The molecule has 2 aromatic heterocycles. The molecular weight excluding hydrogens is 416 g/mol. The van der Waals surface area contributed by atoms with Gasteiger partial charge in [-0.05, 0) is 31.9 Å². The number of fused-ring (bicyclic) bond motifs is 1. The van der Waals surface area contributed by atoms with Gasteiger partial charge >= 0.3 is 12.4 Å². The zero-order chi connectivity index (χ0) is 21.9. The van der Waals surface area contributed by atoms with E-state index in [9.17, 15) is 31.4 Å². The number of benzene rings is 1. The molecule has 1 aromatic carbocycles. The standard InChI is InChI=1S/C18H15F6N5O/c1-16(30)5-10(6-16)26-15-28-27-14(13-7-25-8-29(13)15)11-3-2-9(17(19,20)21)4-12(11)18(22,23)24/h2-4,7-8,10,30H,5-6H2,1H3,(H,26,28). The summed E-state index contributed by atoms with van der Waals surface area (Å²) in [5, 5.41) is 20.6. The van der Waals surface area contributed by atoms with Gasteiger partial charge in [0.25, 0.3) is 0 Å². The van der Waals surface area contributed by atoms with Crippen molar-refractivity contribution in [2.45, 2.75) is 43.8 Å². The Morgan fingerprint density at radius 1 is 1.10 bits per heavy atom. The van der Waals surface area contributed by atoms with Gasteiger partial charge in [-0.25, -0.2) is 4.98 Å². The molecule has 0 amide bonds. The molecule has 0 radical (unpaired) electrons. The minimum absolute atomic E-state index is 0.0620. The van der Waals surface area contributed by atoms with Crippen molar-refractivity contribution in [3.05, 3.63) is 41.9 Å². The molecule has 3 aromatic rings. The molecule has 0 bridgehead atoms. The second kappa shape index (κ2) is 6.56. The van der Waals surface area contributed by atoms with Crippen molar-refractivity contribution in [3.63, 3.8) is 0 Å². The van der Waals surface area contributed by atoms with Crippen LogP contribution in [-0.2, 0) is 12.4 Å². The van der Waals surface area contributed by atoms with Crippen LogP contribution < -0.4 is 5.32 Å². The predicted molar refractivity (Wildman–Crippen MR) is 93.5 cm³/mol. The van der Waals surface area contributed by atoms with E-state index in [1.54, 1.807) is 6.92 Å². The zero-order valence-electron chi connectivity index (χ0n) is 15.4. The fourth-order valence-corrected chi connectivity index (χ4v) is 3.57. The highest BCUT2D eigenvalue weighted by Gasteiger charge is 2.40. The summed E-state index contributed by atoms with van der Waals surface area (Å²) in [5.74, 6) is 0.201. The lowest BCUT2D eigenvalue weighted by Gasteiger charge is -2.41. The van der Waals surface area contributed by atoms with Crippen LogP contribution in [0.5, 0.6) is 0 Å². The van der Waals surface area contributed by atoms with E-state index in [1.807, 2.05) is 0 Å². The van der Waals surface area contributed by atoms with Gasteiger partial charge in [0.2, 0.25) is 5.95 Å². The third-order valence-electron chi connectivity index (χ3n) is 4.97. The molecule has 1 saturated carbocycles. The Bertz CT molecular complexity index is 1100. The van der Waals surface area contributed by atoms with Gasteiger partial charge in [-0.15, -0.1) is 10.2 Å². The van der Waals surface area contributed by atoms with Gasteiger partial charge in [0.1, 0.15) is 12.0 Å². The average Bonchev–Trinajstić information content (AvgIpc) is 3.08. The van der Waals surface area contributed by atoms with Crippen molar-refractivity contribution >= 4 is 11.5 Å². The summed E-state index contributed by atoms with van der Waals surface area (Å²) in [5.41, 5.74) is -4.33. The van der Waals surface area contributed by atoms with Crippen LogP contribution in [0.4, 0.5) is 32.3 Å². The average molecular weight is 431 g/mol. The Morgan fingerprint density at radius 3 is 2.40 bits per heavy atom. The first-order chi connectivity index (χ1) is 13.9. The Balaban J connectivity index is 1.79. The maximum absolute atomic E-state index is 13.5. The number of nitrogens with zero attached hydrogens (tertiary/aromatic N) is 4. The molecule has 30 heavy (non-hydrogen) atoms. The summed E-state index contributed by atoms with van der Waals surface area (Å²) in [4.78, 5) is 3.91. The second-order valence-corrected chi connectivity index (χ2v) is 7.52. The third-order valence-corrected chi connectivity index (χ3v) is 4.97. The molecule has 2 N–H and O–H groups in total. The number of halogens is 6. The molecule has 4 rings (SSSR count). The first-order valence-electron chi connectivity index (χ1n) is 8.82. The first-order valence-corrected chi connectivity index (χ1v) is 8.82. The fraction of sp³-hybridized carbons (Fsp3) is 0.389. The molecule has 0 unspecified atom stereocenters. The Hall–Kier alpha value is -2.89. The molecule has 160 valence electrons. The summed E-state index contributed by atoms with van der Waals surface area (Å²) in [6.07, 6.45) is -6.50. The van der Waals surface area contributed by atoms with Gasteiger partial charge in [-0.2, -0.15) is 26.3 Å². The van der Waals surface area contributed by atoms with E-state index in [1.165, 1.54) is 16.9 Å². The van der Waals surface area contributed by atoms with Crippen LogP contribution in [-0.4, -0.2) is 36.3 Å². The maximum Gasteiger partial charge on any atom is 0.417 e. The van der Waals surface area contributed by atoms with E-state index in [2.05, 4.69) is 20.5 Å². The number of nitrogens with one attached hydrogen (secondary N) is 1. The van der Waals surface area contributed by atoms with E-state index >= 15 is 0 Å². The summed E-state index contributed by atoms with van der Waals surface area (Å²) in [6.45, 7) is 1.68. The molecule has 0 aliphatic heterocycles. The van der Waals surface area contributed by atoms with E-state index in [-0.39, 0.29) is 29.3 Å². The van der Waals surface area contributed by atoms with Crippen molar-refractivity contribution in [1.29, 1.82) is 0 Å². The number of aromatic nitrogens is 4.